The molecule has 0 aromatic carbocycles. The zero-order chi connectivity index (χ0) is 11.0. The van der Waals surface area contributed by atoms with E-state index in [0.29, 0.717) is 6.42 Å². The quantitative estimate of drug-likeness (QED) is 0.527. The monoisotopic (exact) mass is 274 g/mol. The van der Waals surface area contributed by atoms with Gasteiger partial charge in [-0.25, -0.2) is 0 Å². The van der Waals surface area contributed by atoms with E-state index in [-0.39, 0.29) is 31.2 Å². The first-order valence-electron chi connectivity index (χ1n) is 5.05. The molecule has 0 spiro atoms. The number of halogens is 2. The number of carboxylic acids is 2. The predicted octanol–water partition coefficient (Wildman–Crippen LogP) is 2.98. The van der Waals surface area contributed by atoms with Crippen molar-refractivity contribution in [3.05, 3.63) is 0 Å². The zero-order valence-electron chi connectivity index (χ0n) is 9.35. The molecule has 0 saturated carbocycles. The van der Waals surface area contributed by atoms with Crippen LogP contribution in [0.15, 0.2) is 0 Å². The van der Waals surface area contributed by atoms with Gasteiger partial charge in [-0.2, -0.15) is 0 Å². The van der Waals surface area contributed by atoms with Gasteiger partial charge in [-0.15, -0.1) is 24.8 Å². The molecule has 0 aliphatic rings. The van der Waals surface area contributed by atoms with Crippen molar-refractivity contribution in [2.75, 3.05) is 0 Å². The van der Waals surface area contributed by atoms with Crippen LogP contribution in [0.25, 0.3) is 0 Å². The van der Waals surface area contributed by atoms with Crippen molar-refractivity contribution in [3.8, 4) is 0 Å². The second kappa shape index (κ2) is 12.6. The molecule has 0 unspecified atom stereocenters. The maximum Gasteiger partial charge on any atom is 0.317 e. The summed E-state index contributed by atoms with van der Waals surface area (Å²) in [4.78, 5) is 21.0. The molecule has 16 heavy (non-hydrogen) atoms. The molecule has 6 heteroatoms. The van der Waals surface area contributed by atoms with Gasteiger partial charge >= 0.3 is 11.9 Å². The lowest BCUT2D eigenvalue weighted by atomic mass is 10.0. The van der Waals surface area contributed by atoms with Gasteiger partial charge in [0.05, 0.1) is 0 Å². The summed E-state index contributed by atoms with van der Waals surface area (Å²) in [5.41, 5.74) is 0. The Morgan fingerprint density at radius 2 is 1.38 bits per heavy atom. The molecule has 0 aromatic rings. The maximum atomic E-state index is 10.5. The highest BCUT2D eigenvalue weighted by Gasteiger charge is 2.24. The van der Waals surface area contributed by atoms with E-state index in [9.17, 15) is 9.59 Å². The fraction of sp³-hybridized carbons (Fsp3) is 0.800. The molecule has 0 saturated heterocycles. The average Bonchev–Trinajstić information content (AvgIpc) is 2.09. The van der Waals surface area contributed by atoms with Gasteiger partial charge in [-0.3, -0.25) is 9.59 Å². The van der Waals surface area contributed by atoms with E-state index in [2.05, 4.69) is 6.92 Å². The Bertz CT molecular complexity index is 183. The van der Waals surface area contributed by atoms with E-state index < -0.39 is 17.9 Å². The third-order valence-electron chi connectivity index (χ3n) is 2.19. The van der Waals surface area contributed by atoms with Crippen LogP contribution in [0.5, 0.6) is 0 Å². The Morgan fingerprint density at radius 1 is 0.938 bits per heavy atom. The predicted molar refractivity (Wildman–Crippen MR) is 66.6 cm³/mol. The molecule has 0 fully saturated rings. The zero-order valence-corrected chi connectivity index (χ0v) is 11.0. The lowest BCUT2D eigenvalue weighted by Crippen LogP contribution is -2.23. The molecule has 0 aliphatic heterocycles. The normalized spacial score (nSPS) is 9.12. The standard InChI is InChI=1S/C10H18O4.2ClH/c1-2-3-4-5-6-7-8(9(11)12)10(13)14;;/h8H,2-7H2,1H3,(H,11,12)(H,13,14);2*1H. The third-order valence-corrected chi connectivity index (χ3v) is 2.19. The molecule has 0 amide bonds. The van der Waals surface area contributed by atoms with Crippen molar-refractivity contribution in [2.24, 2.45) is 5.92 Å². The summed E-state index contributed by atoms with van der Waals surface area (Å²) in [6.45, 7) is 2.09. The Hall–Kier alpha value is -0.480. The van der Waals surface area contributed by atoms with Gasteiger partial charge in [0.2, 0.25) is 0 Å². The topological polar surface area (TPSA) is 74.6 Å². The summed E-state index contributed by atoms with van der Waals surface area (Å²) in [7, 11) is 0. The van der Waals surface area contributed by atoms with E-state index >= 15 is 0 Å². The molecule has 0 atom stereocenters. The lowest BCUT2D eigenvalue weighted by molar-refractivity contribution is -0.154. The van der Waals surface area contributed by atoms with Crippen LogP contribution in [-0.4, -0.2) is 22.2 Å². The van der Waals surface area contributed by atoms with E-state index in [1.54, 1.807) is 0 Å². The van der Waals surface area contributed by atoms with Crippen molar-refractivity contribution >= 4 is 36.8 Å². The minimum absolute atomic E-state index is 0. The minimum Gasteiger partial charge on any atom is -0.481 e. The molecule has 2 N–H and O–H groups in total. The van der Waals surface area contributed by atoms with Crippen molar-refractivity contribution in [1.29, 1.82) is 0 Å². The maximum absolute atomic E-state index is 10.5. The van der Waals surface area contributed by atoms with Crippen LogP contribution in [0.4, 0.5) is 0 Å². The van der Waals surface area contributed by atoms with Crippen molar-refractivity contribution in [1.82, 2.24) is 0 Å². The molecule has 0 heterocycles. The van der Waals surface area contributed by atoms with Gasteiger partial charge in [0.25, 0.3) is 0 Å². The van der Waals surface area contributed by atoms with E-state index in [4.69, 9.17) is 10.2 Å². The summed E-state index contributed by atoms with van der Waals surface area (Å²) in [6.07, 6.45) is 5.16. The Balaban J connectivity index is -0.000000845. The molecule has 0 aliphatic carbocycles. The van der Waals surface area contributed by atoms with Crippen LogP contribution >= 0.6 is 24.8 Å². The van der Waals surface area contributed by atoms with Crippen LogP contribution < -0.4 is 0 Å². The number of hydrogen-bond acceptors (Lipinski definition) is 2. The van der Waals surface area contributed by atoms with Gasteiger partial charge in [-0.1, -0.05) is 39.0 Å². The second-order valence-corrected chi connectivity index (χ2v) is 3.43. The number of hydrogen-bond donors (Lipinski definition) is 2. The molecular weight excluding hydrogens is 255 g/mol. The molecule has 4 nitrogen and oxygen atoms in total. The Labute approximate surface area is 108 Å². The fourth-order valence-electron chi connectivity index (χ4n) is 1.30. The molecule has 0 rings (SSSR count). The molecule has 0 radical (unpaired) electrons. The highest BCUT2D eigenvalue weighted by Crippen LogP contribution is 2.12. The minimum atomic E-state index is -1.23. The van der Waals surface area contributed by atoms with Gasteiger partial charge in [0.1, 0.15) is 0 Å². The lowest BCUT2D eigenvalue weighted by Gasteiger charge is -2.06. The number of rotatable bonds is 8. The summed E-state index contributed by atoms with van der Waals surface area (Å²) >= 11 is 0. The van der Waals surface area contributed by atoms with Gasteiger partial charge in [0.15, 0.2) is 5.92 Å². The van der Waals surface area contributed by atoms with E-state index in [0.717, 1.165) is 25.7 Å². The first-order chi connectivity index (χ1) is 6.59. The summed E-state index contributed by atoms with van der Waals surface area (Å²) in [5.74, 6) is -3.68. The SMILES string of the molecule is CCCCCCCC(C(=O)O)C(=O)O.Cl.Cl. The van der Waals surface area contributed by atoms with Crippen LogP contribution in [0.2, 0.25) is 0 Å². The van der Waals surface area contributed by atoms with Crippen LogP contribution in [0, 0.1) is 5.92 Å². The molecule has 98 valence electrons. The van der Waals surface area contributed by atoms with Gasteiger partial charge < -0.3 is 10.2 Å². The Kier molecular flexibility index (Phi) is 16.4. The van der Waals surface area contributed by atoms with Crippen molar-refractivity contribution < 1.29 is 19.8 Å². The first-order valence-corrected chi connectivity index (χ1v) is 5.05. The average molecular weight is 275 g/mol. The summed E-state index contributed by atoms with van der Waals surface area (Å²) in [5, 5.41) is 17.1. The summed E-state index contributed by atoms with van der Waals surface area (Å²) in [6, 6.07) is 0. The van der Waals surface area contributed by atoms with Gasteiger partial charge in [0, 0.05) is 0 Å². The number of unbranched alkanes of at least 4 members (excludes halogenated alkanes) is 4. The highest BCUT2D eigenvalue weighted by atomic mass is 35.5. The smallest absolute Gasteiger partial charge is 0.317 e. The van der Waals surface area contributed by atoms with Crippen LogP contribution in [0.3, 0.4) is 0 Å². The van der Waals surface area contributed by atoms with E-state index in [1.165, 1.54) is 0 Å². The Morgan fingerprint density at radius 3 is 1.75 bits per heavy atom. The van der Waals surface area contributed by atoms with E-state index in [1.807, 2.05) is 0 Å². The largest absolute Gasteiger partial charge is 0.481 e. The second-order valence-electron chi connectivity index (χ2n) is 3.43. The van der Waals surface area contributed by atoms with Crippen LogP contribution in [0.1, 0.15) is 45.4 Å². The number of carbonyl (C=O) groups is 2. The number of carboxylic acid groups (broad SMARTS) is 2. The van der Waals surface area contributed by atoms with Crippen molar-refractivity contribution in [3.63, 3.8) is 0 Å². The fourth-order valence-corrected chi connectivity index (χ4v) is 1.30. The first kappa shape index (κ1) is 20.9. The molecule has 0 bridgehead atoms. The third kappa shape index (κ3) is 10.1. The van der Waals surface area contributed by atoms with Crippen molar-refractivity contribution in [2.45, 2.75) is 45.4 Å². The number of aliphatic carboxylic acids is 2. The van der Waals surface area contributed by atoms with Crippen LogP contribution in [-0.2, 0) is 9.59 Å². The molecule has 0 aromatic heterocycles. The summed E-state index contributed by atoms with van der Waals surface area (Å²) < 4.78 is 0. The highest BCUT2D eigenvalue weighted by molar-refractivity contribution is 5.92. The van der Waals surface area contributed by atoms with Gasteiger partial charge in [-0.05, 0) is 6.42 Å². The molecular formula is C10H20Cl2O4.